The van der Waals surface area contributed by atoms with Gasteiger partial charge in [-0.3, -0.25) is 0 Å². The van der Waals surface area contributed by atoms with E-state index in [0.717, 1.165) is 11.1 Å². The standard InChI is InChI=1S/C11H15NO2S/c1-7-6-15(13,14)11-5-9(8(2)12)3-4-10(7)11/h3-5,7-8H,6,12H2,1-2H3. The first kappa shape index (κ1) is 10.6. The number of benzene rings is 1. The zero-order valence-electron chi connectivity index (χ0n) is 8.90. The van der Waals surface area contributed by atoms with Gasteiger partial charge in [-0.25, -0.2) is 8.42 Å². The highest BCUT2D eigenvalue weighted by Crippen LogP contribution is 2.35. The van der Waals surface area contributed by atoms with E-state index in [1.54, 1.807) is 6.07 Å². The Balaban J connectivity index is 2.63. The quantitative estimate of drug-likeness (QED) is 0.789. The fraction of sp³-hybridized carbons (Fsp3) is 0.455. The second-order valence-electron chi connectivity index (χ2n) is 4.27. The Bertz CT molecular complexity index is 491. The first-order chi connectivity index (χ1) is 6.92. The number of nitrogens with two attached hydrogens (primary N) is 1. The Labute approximate surface area is 90.2 Å². The van der Waals surface area contributed by atoms with E-state index in [4.69, 9.17) is 5.73 Å². The van der Waals surface area contributed by atoms with Crippen molar-refractivity contribution >= 4 is 9.84 Å². The Morgan fingerprint density at radius 3 is 2.73 bits per heavy atom. The van der Waals surface area contributed by atoms with Crippen molar-refractivity contribution < 1.29 is 8.42 Å². The summed E-state index contributed by atoms with van der Waals surface area (Å²) in [5, 5.41) is 0. The van der Waals surface area contributed by atoms with Crippen LogP contribution in [0.2, 0.25) is 0 Å². The van der Waals surface area contributed by atoms with Crippen LogP contribution in [0.3, 0.4) is 0 Å². The van der Waals surface area contributed by atoms with Crippen molar-refractivity contribution in [3.63, 3.8) is 0 Å². The molecular formula is C11H15NO2S. The van der Waals surface area contributed by atoms with Crippen molar-refractivity contribution in [2.75, 3.05) is 5.75 Å². The summed E-state index contributed by atoms with van der Waals surface area (Å²) in [6, 6.07) is 5.41. The maximum absolute atomic E-state index is 11.8. The van der Waals surface area contributed by atoms with Gasteiger partial charge in [-0.15, -0.1) is 0 Å². The predicted molar refractivity (Wildman–Crippen MR) is 59.5 cm³/mol. The van der Waals surface area contributed by atoms with Crippen LogP contribution in [0.4, 0.5) is 0 Å². The van der Waals surface area contributed by atoms with Crippen LogP contribution in [0.15, 0.2) is 23.1 Å². The van der Waals surface area contributed by atoms with Crippen molar-refractivity contribution in [2.24, 2.45) is 5.73 Å². The third-order valence-corrected chi connectivity index (χ3v) is 4.86. The van der Waals surface area contributed by atoms with Crippen molar-refractivity contribution in [1.82, 2.24) is 0 Å². The minimum Gasteiger partial charge on any atom is -0.324 e. The van der Waals surface area contributed by atoms with Gasteiger partial charge >= 0.3 is 0 Å². The second-order valence-corrected chi connectivity index (χ2v) is 6.27. The highest BCUT2D eigenvalue weighted by Gasteiger charge is 2.32. The molecule has 0 bridgehead atoms. The average Bonchev–Trinajstić information content (AvgIpc) is 2.37. The molecule has 2 N–H and O–H groups in total. The van der Waals surface area contributed by atoms with Crippen LogP contribution < -0.4 is 5.73 Å². The molecule has 2 atom stereocenters. The average molecular weight is 225 g/mol. The van der Waals surface area contributed by atoms with Gasteiger partial charge in [0.25, 0.3) is 0 Å². The molecule has 82 valence electrons. The van der Waals surface area contributed by atoms with Gasteiger partial charge in [0.15, 0.2) is 9.84 Å². The summed E-state index contributed by atoms with van der Waals surface area (Å²) in [6.45, 7) is 3.79. The molecule has 3 nitrogen and oxygen atoms in total. The number of sulfone groups is 1. The number of hydrogen-bond donors (Lipinski definition) is 1. The Kier molecular flexibility index (Phi) is 2.35. The van der Waals surface area contributed by atoms with Crippen LogP contribution in [0.5, 0.6) is 0 Å². The highest BCUT2D eigenvalue weighted by molar-refractivity contribution is 7.91. The monoisotopic (exact) mass is 225 g/mol. The Hall–Kier alpha value is -0.870. The third-order valence-electron chi connectivity index (χ3n) is 2.90. The van der Waals surface area contributed by atoms with E-state index in [0.29, 0.717) is 4.90 Å². The highest BCUT2D eigenvalue weighted by atomic mass is 32.2. The molecule has 1 aromatic carbocycles. The van der Waals surface area contributed by atoms with E-state index in [-0.39, 0.29) is 17.7 Å². The first-order valence-corrected chi connectivity index (χ1v) is 6.69. The van der Waals surface area contributed by atoms with Gasteiger partial charge in [0.05, 0.1) is 10.6 Å². The van der Waals surface area contributed by atoms with E-state index < -0.39 is 9.84 Å². The smallest absolute Gasteiger partial charge is 0.179 e. The summed E-state index contributed by atoms with van der Waals surface area (Å²) in [7, 11) is -3.07. The summed E-state index contributed by atoms with van der Waals surface area (Å²) in [5.74, 6) is 0.331. The lowest BCUT2D eigenvalue weighted by Gasteiger charge is -2.08. The van der Waals surface area contributed by atoms with Gasteiger partial charge in [0.2, 0.25) is 0 Å². The number of fused-ring (bicyclic) bond motifs is 1. The molecule has 0 aliphatic carbocycles. The minimum absolute atomic E-state index is 0.104. The molecule has 1 aliphatic heterocycles. The van der Waals surface area contributed by atoms with Gasteiger partial charge < -0.3 is 5.73 Å². The van der Waals surface area contributed by atoms with Crippen molar-refractivity contribution in [3.8, 4) is 0 Å². The van der Waals surface area contributed by atoms with Crippen LogP contribution in [0.1, 0.15) is 36.9 Å². The lowest BCUT2D eigenvalue weighted by molar-refractivity contribution is 0.598. The van der Waals surface area contributed by atoms with E-state index in [2.05, 4.69) is 0 Å². The van der Waals surface area contributed by atoms with Crippen molar-refractivity contribution in [3.05, 3.63) is 29.3 Å². The molecule has 1 heterocycles. The molecule has 2 unspecified atom stereocenters. The van der Waals surface area contributed by atoms with E-state index in [9.17, 15) is 8.42 Å². The molecule has 1 aromatic rings. The van der Waals surface area contributed by atoms with E-state index >= 15 is 0 Å². The lowest BCUT2D eigenvalue weighted by atomic mass is 10.00. The molecule has 15 heavy (non-hydrogen) atoms. The van der Waals surface area contributed by atoms with Crippen LogP contribution in [-0.2, 0) is 9.84 Å². The normalized spacial score (nSPS) is 24.9. The summed E-state index contributed by atoms with van der Waals surface area (Å²) in [4.78, 5) is 0.477. The second kappa shape index (κ2) is 3.32. The molecule has 2 rings (SSSR count). The lowest BCUT2D eigenvalue weighted by Crippen LogP contribution is -2.06. The van der Waals surface area contributed by atoms with Crippen LogP contribution in [-0.4, -0.2) is 14.2 Å². The Morgan fingerprint density at radius 1 is 1.47 bits per heavy atom. The van der Waals surface area contributed by atoms with Crippen molar-refractivity contribution in [1.29, 1.82) is 0 Å². The molecular weight excluding hydrogens is 210 g/mol. The molecule has 0 saturated carbocycles. The number of rotatable bonds is 1. The number of hydrogen-bond acceptors (Lipinski definition) is 3. The third kappa shape index (κ3) is 1.68. The van der Waals surface area contributed by atoms with Crippen molar-refractivity contribution in [2.45, 2.75) is 30.7 Å². The zero-order valence-corrected chi connectivity index (χ0v) is 9.71. The molecule has 0 radical (unpaired) electrons. The zero-order chi connectivity index (χ0) is 11.2. The van der Waals surface area contributed by atoms with Gasteiger partial charge in [0, 0.05) is 6.04 Å². The molecule has 0 aromatic heterocycles. The predicted octanol–water partition coefficient (Wildman–Crippen LogP) is 1.60. The van der Waals surface area contributed by atoms with E-state index in [1.807, 2.05) is 26.0 Å². The Morgan fingerprint density at radius 2 is 2.13 bits per heavy atom. The molecule has 0 saturated heterocycles. The van der Waals surface area contributed by atoms with Gasteiger partial charge in [-0.1, -0.05) is 19.1 Å². The summed E-state index contributed by atoms with van der Waals surface area (Å²) in [5.41, 5.74) is 7.55. The fourth-order valence-electron chi connectivity index (χ4n) is 2.02. The molecule has 0 amide bonds. The first-order valence-electron chi connectivity index (χ1n) is 5.04. The summed E-state index contributed by atoms with van der Waals surface area (Å²) < 4.78 is 23.6. The molecule has 0 fully saturated rings. The molecule has 4 heteroatoms. The van der Waals surface area contributed by atoms with Gasteiger partial charge in [-0.05, 0) is 30.0 Å². The van der Waals surface area contributed by atoms with Gasteiger partial charge in [-0.2, -0.15) is 0 Å². The maximum atomic E-state index is 11.8. The molecule has 1 aliphatic rings. The molecule has 0 spiro atoms. The summed E-state index contributed by atoms with van der Waals surface area (Å²) in [6.07, 6.45) is 0. The SMILES string of the molecule is CC(N)c1ccc2c(c1)S(=O)(=O)CC2C. The maximum Gasteiger partial charge on any atom is 0.179 e. The van der Waals surface area contributed by atoms with Gasteiger partial charge in [0.1, 0.15) is 0 Å². The fourth-order valence-corrected chi connectivity index (χ4v) is 3.98. The van der Waals surface area contributed by atoms with Crippen LogP contribution in [0.25, 0.3) is 0 Å². The van der Waals surface area contributed by atoms with Crippen LogP contribution >= 0.6 is 0 Å². The minimum atomic E-state index is -3.07. The largest absolute Gasteiger partial charge is 0.324 e. The van der Waals surface area contributed by atoms with Crippen LogP contribution in [0, 0.1) is 0 Å². The topological polar surface area (TPSA) is 60.2 Å². The summed E-state index contributed by atoms with van der Waals surface area (Å²) >= 11 is 0. The van der Waals surface area contributed by atoms with E-state index in [1.165, 1.54) is 0 Å².